The number of hydrogen-bond acceptors (Lipinski definition) is 1. The summed E-state index contributed by atoms with van der Waals surface area (Å²) in [6.07, 6.45) is 9.67. The van der Waals surface area contributed by atoms with E-state index in [1.54, 1.807) is 0 Å². The molecular formula is C15H31N. The van der Waals surface area contributed by atoms with Gasteiger partial charge in [0.1, 0.15) is 0 Å². The van der Waals surface area contributed by atoms with Crippen molar-refractivity contribution in [2.75, 3.05) is 0 Å². The fourth-order valence-electron chi connectivity index (χ4n) is 2.87. The SMILES string of the molecule is CCC(C)CC(CC)NC1CCCCC1C. The van der Waals surface area contributed by atoms with Crippen molar-refractivity contribution in [2.45, 2.75) is 84.7 Å². The number of hydrogen-bond donors (Lipinski definition) is 1. The van der Waals surface area contributed by atoms with E-state index < -0.39 is 0 Å². The molecular weight excluding hydrogens is 194 g/mol. The van der Waals surface area contributed by atoms with E-state index in [2.05, 4.69) is 33.0 Å². The summed E-state index contributed by atoms with van der Waals surface area (Å²) in [4.78, 5) is 0. The molecule has 1 heteroatoms. The van der Waals surface area contributed by atoms with Crippen LogP contribution >= 0.6 is 0 Å². The van der Waals surface area contributed by atoms with Crippen LogP contribution in [0.1, 0.15) is 72.6 Å². The van der Waals surface area contributed by atoms with Crippen LogP contribution in [-0.4, -0.2) is 12.1 Å². The first-order valence-electron chi connectivity index (χ1n) is 7.43. The quantitative estimate of drug-likeness (QED) is 0.708. The van der Waals surface area contributed by atoms with Crippen molar-refractivity contribution in [3.63, 3.8) is 0 Å². The van der Waals surface area contributed by atoms with Crippen LogP contribution in [0, 0.1) is 11.8 Å². The van der Waals surface area contributed by atoms with Gasteiger partial charge in [0.15, 0.2) is 0 Å². The third-order valence-electron chi connectivity index (χ3n) is 4.44. The van der Waals surface area contributed by atoms with Crippen LogP contribution in [0.5, 0.6) is 0 Å². The lowest BCUT2D eigenvalue weighted by Gasteiger charge is -2.34. The molecule has 1 fully saturated rings. The van der Waals surface area contributed by atoms with Crippen LogP contribution in [0.25, 0.3) is 0 Å². The Balaban J connectivity index is 2.36. The van der Waals surface area contributed by atoms with Gasteiger partial charge < -0.3 is 5.32 Å². The van der Waals surface area contributed by atoms with Crippen LogP contribution in [0.3, 0.4) is 0 Å². The molecule has 16 heavy (non-hydrogen) atoms. The average Bonchev–Trinajstić information content (AvgIpc) is 2.30. The molecule has 0 amide bonds. The highest BCUT2D eigenvalue weighted by Gasteiger charge is 2.23. The normalized spacial score (nSPS) is 30.0. The van der Waals surface area contributed by atoms with Gasteiger partial charge in [-0.3, -0.25) is 0 Å². The third-order valence-corrected chi connectivity index (χ3v) is 4.44. The molecule has 1 aliphatic carbocycles. The summed E-state index contributed by atoms with van der Waals surface area (Å²) in [7, 11) is 0. The summed E-state index contributed by atoms with van der Waals surface area (Å²) in [5, 5.41) is 3.92. The molecule has 96 valence electrons. The standard InChI is InChI=1S/C15H31N/c1-5-12(3)11-14(6-2)16-15-10-8-7-9-13(15)4/h12-16H,5-11H2,1-4H3. The monoisotopic (exact) mass is 225 g/mol. The van der Waals surface area contributed by atoms with Crippen molar-refractivity contribution < 1.29 is 0 Å². The average molecular weight is 225 g/mol. The van der Waals surface area contributed by atoms with Crippen molar-refractivity contribution in [2.24, 2.45) is 11.8 Å². The van der Waals surface area contributed by atoms with Gasteiger partial charge >= 0.3 is 0 Å². The van der Waals surface area contributed by atoms with E-state index in [9.17, 15) is 0 Å². The van der Waals surface area contributed by atoms with Crippen LogP contribution in [0.15, 0.2) is 0 Å². The lowest BCUT2D eigenvalue weighted by molar-refractivity contribution is 0.240. The minimum absolute atomic E-state index is 0.750. The van der Waals surface area contributed by atoms with E-state index in [4.69, 9.17) is 0 Å². The van der Waals surface area contributed by atoms with Crippen molar-refractivity contribution in [1.82, 2.24) is 5.32 Å². The van der Waals surface area contributed by atoms with E-state index in [-0.39, 0.29) is 0 Å². The highest BCUT2D eigenvalue weighted by atomic mass is 15.0. The minimum Gasteiger partial charge on any atom is -0.311 e. The molecule has 4 atom stereocenters. The van der Waals surface area contributed by atoms with Gasteiger partial charge in [0.25, 0.3) is 0 Å². The summed E-state index contributed by atoms with van der Waals surface area (Å²) in [6, 6.07) is 1.54. The molecule has 1 aliphatic rings. The second-order valence-corrected chi connectivity index (χ2v) is 5.89. The Hall–Kier alpha value is -0.0400. The van der Waals surface area contributed by atoms with Gasteiger partial charge in [0.05, 0.1) is 0 Å². The van der Waals surface area contributed by atoms with Gasteiger partial charge in [-0.1, -0.05) is 47.0 Å². The van der Waals surface area contributed by atoms with E-state index in [1.165, 1.54) is 44.9 Å². The second kappa shape index (κ2) is 7.32. The first-order valence-corrected chi connectivity index (χ1v) is 7.43. The molecule has 0 spiro atoms. The molecule has 1 rings (SSSR count). The van der Waals surface area contributed by atoms with Crippen molar-refractivity contribution >= 4 is 0 Å². The van der Waals surface area contributed by atoms with Gasteiger partial charge in [0.2, 0.25) is 0 Å². The Morgan fingerprint density at radius 1 is 1.12 bits per heavy atom. The Labute approximate surface area is 102 Å². The van der Waals surface area contributed by atoms with Gasteiger partial charge in [0, 0.05) is 12.1 Å². The topological polar surface area (TPSA) is 12.0 Å². The number of rotatable bonds is 6. The Bertz CT molecular complexity index is 178. The maximum absolute atomic E-state index is 3.92. The van der Waals surface area contributed by atoms with Gasteiger partial charge in [-0.05, 0) is 37.5 Å². The van der Waals surface area contributed by atoms with E-state index in [0.717, 1.165) is 23.9 Å². The Morgan fingerprint density at radius 2 is 1.81 bits per heavy atom. The van der Waals surface area contributed by atoms with Crippen molar-refractivity contribution in [3.05, 3.63) is 0 Å². The molecule has 0 saturated heterocycles. The van der Waals surface area contributed by atoms with E-state index >= 15 is 0 Å². The molecule has 0 radical (unpaired) electrons. The molecule has 0 aromatic carbocycles. The Morgan fingerprint density at radius 3 is 2.38 bits per heavy atom. The number of nitrogens with one attached hydrogen (secondary N) is 1. The first-order chi connectivity index (χ1) is 7.67. The fourth-order valence-corrected chi connectivity index (χ4v) is 2.87. The summed E-state index contributed by atoms with van der Waals surface area (Å²) >= 11 is 0. The molecule has 4 unspecified atom stereocenters. The molecule has 1 N–H and O–H groups in total. The maximum Gasteiger partial charge on any atom is 0.00952 e. The largest absolute Gasteiger partial charge is 0.311 e. The summed E-state index contributed by atoms with van der Waals surface area (Å²) in [5.74, 6) is 1.76. The van der Waals surface area contributed by atoms with Crippen LogP contribution < -0.4 is 5.32 Å². The van der Waals surface area contributed by atoms with Crippen molar-refractivity contribution in [1.29, 1.82) is 0 Å². The lowest BCUT2D eigenvalue weighted by atomic mass is 9.84. The van der Waals surface area contributed by atoms with E-state index in [1.807, 2.05) is 0 Å². The van der Waals surface area contributed by atoms with Gasteiger partial charge in [-0.2, -0.15) is 0 Å². The molecule has 1 saturated carbocycles. The van der Waals surface area contributed by atoms with Crippen LogP contribution in [-0.2, 0) is 0 Å². The molecule has 1 nitrogen and oxygen atoms in total. The van der Waals surface area contributed by atoms with Crippen LogP contribution in [0.4, 0.5) is 0 Å². The predicted octanol–water partition coefficient (Wildman–Crippen LogP) is 4.37. The van der Waals surface area contributed by atoms with Crippen molar-refractivity contribution in [3.8, 4) is 0 Å². The zero-order chi connectivity index (χ0) is 12.0. The maximum atomic E-state index is 3.92. The fraction of sp³-hybridized carbons (Fsp3) is 1.00. The molecule has 0 aromatic rings. The minimum atomic E-state index is 0.750. The molecule has 0 bridgehead atoms. The highest BCUT2D eigenvalue weighted by Crippen LogP contribution is 2.25. The Kier molecular flexibility index (Phi) is 6.41. The zero-order valence-electron chi connectivity index (χ0n) is 11.8. The predicted molar refractivity (Wildman–Crippen MR) is 72.7 cm³/mol. The summed E-state index contributed by atoms with van der Waals surface area (Å²) < 4.78 is 0. The zero-order valence-corrected chi connectivity index (χ0v) is 11.8. The second-order valence-electron chi connectivity index (χ2n) is 5.89. The third kappa shape index (κ3) is 4.45. The van der Waals surface area contributed by atoms with Crippen LogP contribution in [0.2, 0.25) is 0 Å². The van der Waals surface area contributed by atoms with E-state index in [0.29, 0.717) is 0 Å². The summed E-state index contributed by atoms with van der Waals surface area (Å²) in [6.45, 7) is 9.44. The highest BCUT2D eigenvalue weighted by molar-refractivity contribution is 4.82. The molecule has 0 aromatic heterocycles. The lowest BCUT2D eigenvalue weighted by Crippen LogP contribution is -2.43. The smallest absolute Gasteiger partial charge is 0.00952 e. The molecule has 0 aliphatic heterocycles. The molecule has 0 heterocycles. The van der Waals surface area contributed by atoms with Gasteiger partial charge in [-0.15, -0.1) is 0 Å². The van der Waals surface area contributed by atoms with Gasteiger partial charge in [-0.25, -0.2) is 0 Å². The first kappa shape index (κ1) is 14.0. The summed E-state index contributed by atoms with van der Waals surface area (Å²) in [5.41, 5.74) is 0.